The largest absolute Gasteiger partial charge is 0.306 e. The van der Waals surface area contributed by atoms with E-state index < -0.39 is 0 Å². The summed E-state index contributed by atoms with van der Waals surface area (Å²) in [6.07, 6.45) is 9.37. The number of hydrogen-bond acceptors (Lipinski definition) is 3. The number of rotatable bonds is 2. The van der Waals surface area contributed by atoms with E-state index in [0.29, 0.717) is 17.9 Å². The Labute approximate surface area is 129 Å². The average molecular weight is 295 g/mol. The Balaban J connectivity index is 1.48. The molecule has 22 heavy (non-hydrogen) atoms. The summed E-state index contributed by atoms with van der Waals surface area (Å²) in [5.41, 5.74) is 2.29. The van der Waals surface area contributed by atoms with E-state index in [0.717, 1.165) is 23.4 Å². The predicted octanol–water partition coefficient (Wildman–Crippen LogP) is 3.39. The Morgan fingerprint density at radius 3 is 2.55 bits per heavy atom. The van der Waals surface area contributed by atoms with Crippen LogP contribution in [0, 0.1) is 11.8 Å². The van der Waals surface area contributed by atoms with E-state index in [2.05, 4.69) is 31.0 Å². The number of nitrogens with one attached hydrogen (secondary N) is 1. The van der Waals surface area contributed by atoms with E-state index in [9.17, 15) is 0 Å². The lowest BCUT2D eigenvalue weighted by Crippen LogP contribution is -2.27. The minimum Gasteiger partial charge on any atom is -0.306 e. The molecule has 2 unspecified atom stereocenters. The third kappa shape index (κ3) is 1.57. The molecule has 3 aliphatic carbocycles. The molecule has 0 amide bonds. The zero-order valence-corrected chi connectivity index (χ0v) is 12.7. The van der Waals surface area contributed by atoms with Gasteiger partial charge in [0.1, 0.15) is 11.5 Å². The van der Waals surface area contributed by atoms with Gasteiger partial charge in [-0.3, -0.25) is 5.10 Å². The molecule has 0 saturated heterocycles. The summed E-state index contributed by atoms with van der Waals surface area (Å²) in [7, 11) is 0. The van der Waals surface area contributed by atoms with Crippen LogP contribution in [-0.4, -0.2) is 25.0 Å². The van der Waals surface area contributed by atoms with Crippen LogP contribution in [0.4, 0.5) is 0 Å². The second-order valence-corrected chi connectivity index (χ2v) is 8.00. The number of H-pyrrole nitrogens is 1. The van der Waals surface area contributed by atoms with Crippen LogP contribution in [0.2, 0.25) is 0 Å². The number of hydrogen-bond donors (Lipinski definition) is 1. The predicted molar refractivity (Wildman–Crippen MR) is 81.4 cm³/mol. The van der Waals surface area contributed by atoms with Gasteiger partial charge < -0.3 is 4.57 Å². The first kappa shape index (κ1) is 11.9. The lowest BCUT2D eigenvalue weighted by atomic mass is 9.68. The zero-order valence-electron chi connectivity index (χ0n) is 12.7. The Morgan fingerprint density at radius 2 is 1.77 bits per heavy atom. The molecule has 0 aromatic carbocycles. The molecule has 114 valence electrons. The SMILES string of the molecule is c1c(-c2nnc3n2C2CC4CC(CC3C4)C2)n[nH]c1C1CC1. The summed E-state index contributed by atoms with van der Waals surface area (Å²) in [6.45, 7) is 0. The fourth-order valence-electron chi connectivity index (χ4n) is 5.41. The van der Waals surface area contributed by atoms with Crippen LogP contribution in [0.25, 0.3) is 11.5 Å². The Morgan fingerprint density at radius 1 is 0.955 bits per heavy atom. The Bertz CT molecular complexity index is 726. The van der Waals surface area contributed by atoms with Crippen LogP contribution in [0.3, 0.4) is 0 Å². The summed E-state index contributed by atoms with van der Waals surface area (Å²) in [4.78, 5) is 0. The van der Waals surface area contributed by atoms with Crippen molar-refractivity contribution in [2.45, 2.75) is 62.8 Å². The molecule has 0 radical (unpaired) electrons. The third-order valence-electron chi connectivity index (χ3n) is 6.41. The van der Waals surface area contributed by atoms with Crippen molar-refractivity contribution in [3.05, 3.63) is 17.6 Å². The molecule has 4 heterocycles. The highest BCUT2D eigenvalue weighted by Crippen LogP contribution is 2.54. The van der Waals surface area contributed by atoms with Gasteiger partial charge in [0.05, 0.1) is 0 Å². The van der Waals surface area contributed by atoms with E-state index in [1.807, 2.05) is 0 Å². The first-order chi connectivity index (χ1) is 10.8. The highest BCUT2D eigenvalue weighted by Gasteiger charge is 2.44. The molecule has 3 fully saturated rings. The number of aromatic amines is 1. The van der Waals surface area contributed by atoms with Gasteiger partial charge in [0, 0.05) is 23.6 Å². The van der Waals surface area contributed by atoms with Crippen molar-refractivity contribution < 1.29 is 0 Å². The van der Waals surface area contributed by atoms with Gasteiger partial charge in [-0.25, -0.2) is 0 Å². The van der Waals surface area contributed by atoms with Gasteiger partial charge in [-0.2, -0.15) is 5.10 Å². The second-order valence-electron chi connectivity index (χ2n) is 8.00. The molecule has 0 spiro atoms. The Hall–Kier alpha value is -1.65. The lowest BCUT2D eigenvalue weighted by Gasteiger charge is -2.38. The fraction of sp³-hybridized carbons (Fsp3) is 0.706. The van der Waals surface area contributed by atoms with Crippen LogP contribution < -0.4 is 0 Å². The van der Waals surface area contributed by atoms with Gasteiger partial charge in [0.25, 0.3) is 0 Å². The minimum absolute atomic E-state index is 0.609. The molecular formula is C17H21N5. The fourth-order valence-corrected chi connectivity index (χ4v) is 5.41. The summed E-state index contributed by atoms with van der Waals surface area (Å²) < 4.78 is 2.47. The zero-order chi connectivity index (χ0) is 14.3. The molecule has 5 heteroatoms. The molecule has 7 rings (SSSR count). The molecule has 5 nitrogen and oxygen atoms in total. The standard InChI is InChI=1S/C17H21N5/c1-2-11(1)14-8-15(19-18-14)17-21-20-16-12-4-9-3-10(5-12)7-13(6-9)22(16)17/h8-13H,1-7H2,(H,18,19). The summed E-state index contributed by atoms with van der Waals surface area (Å²) >= 11 is 0. The smallest absolute Gasteiger partial charge is 0.184 e. The topological polar surface area (TPSA) is 59.4 Å². The summed E-state index contributed by atoms with van der Waals surface area (Å²) in [6, 6.07) is 2.82. The van der Waals surface area contributed by atoms with E-state index in [1.165, 1.54) is 56.5 Å². The van der Waals surface area contributed by atoms with Crippen molar-refractivity contribution in [2.24, 2.45) is 11.8 Å². The van der Waals surface area contributed by atoms with Crippen LogP contribution in [0.5, 0.6) is 0 Å². The second kappa shape index (κ2) is 4.00. The molecule has 2 aromatic heterocycles. The quantitative estimate of drug-likeness (QED) is 0.923. The maximum Gasteiger partial charge on any atom is 0.184 e. The molecule has 5 aliphatic rings. The van der Waals surface area contributed by atoms with Crippen LogP contribution in [-0.2, 0) is 0 Å². The van der Waals surface area contributed by atoms with Gasteiger partial charge in [-0.15, -0.1) is 10.2 Å². The van der Waals surface area contributed by atoms with E-state index in [4.69, 9.17) is 0 Å². The molecule has 4 bridgehead atoms. The van der Waals surface area contributed by atoms with Gasteiger partial charge in [-0.05, 0) is 62.8 Å². The first-order valence-electron chi connectivity index (χ1n) is 8.85. The van der Waals surface area contributed by atoms with Crippen LogP contribution >= 0.6 is 0 Å². The number of nitrogens with zero attached hydrogens (tertiary/aromatic N) is 4. The highest BCUT2D eigenvalue weighted by atomic mass is 15.3. The maximum atomic E-state index is 4.62. The minimum atomic E-state index is 0.609. The molecule has 2 atom stereocenters. The van der Waals surface area contributed by atoms with Crippen molar-refractivity contribution >= 4 is 0 Å². The van der Waals surface area contributed by atoms with Crippen molar-refractivity contribution in [2.75, 3.05) is 0 Å². The third-order valence-corrected chi connectivity index (χ3v) is 6.41. The van der Waals surface area contributed by atoms with Crippen molar-refractivity contribution in [3.8, 4) is 11.5 Å². The lowest BCUT2D eigenvalue weighted by molar-refractivity contribution is 0.150. The normalized spacial score (nSPS) is 35.6. The van der Waals surface area contributed by atoms with Crippen LogP contribution in [0.1, 0.15) is 74.3 Å². The highest BCUT2D eigenvalue weighted by molar-refractivity contribution is 5.51. The van der Waals surface area contributed by atoms with E-state index >= 15 is 0 Å². The van der Waals surface area contributed by atoms with Gasteiger partial charge in [-0.1, -0.05) is 0 Å². The molecule has 2 aromatic rings. The monoisotopic (exact) mass is 295 g/mol. The van der Waals surface area contributed by atoms with Crippen molar-refractivity contribution in [1.82, 2.24) is 25.0 Å². The van der Waals surface area contributed by atoms with Crippen molar-refractivity contribution in [3.63, 3.8) is 0 Å². The number of aromatic nitrogens is 5. The Kier molecular flexibility index (Phi) is 2.16. The molecule has 2 aliphatic heterocycles. The molecule has 3 saturated carbocycles. The summed E-state index contributed by atoms with van der Waals surface area (Å²) in [5, 5.41) is 17.0. The van der Waals surface area contributed by atoms with Crippen LogP contribution in [0.15, 0.2) is 6.07 Å². The van der Waals surface area contributed by atoms with Gasteiger partial charge in [0.2, 0.25) is 0 Å². The van der Waals surface area contributed by atoms with Crippen molar-refractivity contribution in [1.29, 1.82) is 0 Å². The molecular weight excluding hydrogens is 274 g/mol. The van der Waals surface area contributed by atoms with E-state index in [-0.39, 0.29) is 0 Å². The van der Waals surface area contributed by atoms with Gasteiger partial charge >= 0.3 is 0 Å². The summed E-state index contributed by atoms with van der Waals surface area (Å²) in [5.74, 6) is 5.44. The van der Waals surface area contributed by atoms with E-state index in [1.54, 1.807) is 0 Å². The average Bonchev–Trinajstić information content (AvgIpc) is 3.12. The maximum absolute atomic E-state index is 4.62. The first-order valence-corrected chi connectivity index (χ1v) is 8.85. The van der Waals surface area contributed by atoms with Gasteiger partial charge in [0.15, 0.2) is 5.82 Å². The molecule has 1 N–H and O–H groups in total.